The predicted molar refractivity (Wildman–Crippen MR) is 125 cm³/mol. The summed E-state index contributed by atoms with van der Waals surface area (Å²) in [6.45, 7) is 2.19. The highest BCUT2D eigenvalue weighted by Gasteiger charge is 2.38. The van der Waals surface area contributed by atoms with Gasteiger partial charge < -0.3 is 9.84 Å². The van der Waals surface area contributed by atoms with E-state index in [1.54, 1.807) is 0 Å². The molecule has 3 nitrogen and oxygen atoms in total. The number of carbonyl (C=O) groups excluding carboxylic acids is 1. The van der Waals surface area contributed by atoms with E-state index in [1.165, 1.54) is 23.3 Å². The number of aryl methyl sites for hydroxylation is 1. The third-order valence-electron chi connectivity index (χ3n) is 5.35. The van der Waals surface area contributed by atoms with Crippen molar-refractivity contribution in [3.8, 4) is 11.8 Å². The summed E-state index contributed by atoms with van der Waals surface area (Å²) >= 11 is 11.0. The molecule has 162 valence electrons. The number of esters is 1. The van der Waals surface area contributed by atoms with Gasteiger partial charge in [-0.1, -0.05) is 37.0 Å². The normalized spacial score (nSPS) is 22.4. The number of hydrogen-bond donors (Lipinski definition) is 1. The van der Waals surface area contributed by atoms with Crippen molar-refractivity contribution in [1.29, 1.82) is 0 Å². The molecule has 0 amide bonds. The van der Waals surface area contributed by atoms with Gasteiger partial charge in [-0.3, -0.25) is 0 Å². The Hall–Kier alpha value is -1.51. The lowest BCUT2D eigenvalue weighted by molar-refractivity contribution is 0.0606. The minimum absolute atomic E-state index is 0.194. The Morgan fingerprint density at radius 1 is 1.23 bits per heavy atom. The van der Waals surface area contributed by atoms with Gasteiger partial charge in [0.15, 0.2) is 0 Å². The van der Waals surface area contributed by atoms with Crippen LogP contribution in [0.3, 0.4) is 0 Å². The van der Waals surface area contributed by atoms with Crippen LogP contribution in [-0.2, 0) is 11.2 Å². The van der Waals surface area contributed by atoms with Crippen LogP contribution in [0.15, 0.2) is 42.5 Å². The highest BCUT2D eigenvalue weighted by molar-refractivity contribution is 7.13. The Morgan fingerprint density at radius 3 is 2.60 bits per heavy atom. The Bertz CT molecular complexity index is 841. The fraction of sp³-hybridized carbons (Fsp3) is 0.458. The van der Waals surface area contributed by atoms with Crippen LogP contribution in [0, 0.1) is 29.6 Å². The summed E-state index contributed by atoms with van der Waals surface area (Å²) < 4.78 is 4.76. The van der Waals surface area contributed by atoms with E-state index in [0.29, 0.717) is 10.8 Å². The SMILES string of the molecule is COC(=O)c1ccc(CCC[C@@H]2[C@@H](C#Cc3ccccc3)[C@H](C)C[C@@H]2O)s1.ClCCl. The van der Waals surface area contributed by atoms with Gasteiger partial charge in [-0.2, -0.15) is 0 Å². The molecule has 30 heavy (non-hydrogen) atoms. The van der Waals surface area contributed by atoms with Gasteiger partial charge in [0.05, 0.1) is 18.6 Å². The summed E-state index contributed by atoms with van der Waals surface area (Å²) in [6, 6.07) is 13.9. The molecule has 4 atom stereocenters. The number of hydrogen-bond acceptors (Lipinski definition) is 4. The zero-order valence-electron chi connectivity index (χ0n) is 17.3. The van der Waals surface area contributed by atoms with E-state index >= 15 is 0 Å². The fourth-order valence-corrected chi connectivity index (χ4v) is 4.88. The summed E-state index contributed by atoms with van der Waals surface area (Å²) in [4.78, 5) is 13.4. The molecule has 0 bridgehead atoms. The fourth-order valence-electron chi connectivity index (χ4n) is 3.91. The zero-order chi connectivity index (χ0) is 21.9. The molecule has 0 unspecified atom stereocenters. The number of aliphatic hydroxyl groups is 1. The molecule has 6 heteroatoms. The van der Waals surface area contributed by atoms with Gasteiger partial charge >= 0.3 is 5.97 Å². The number of rotatable bonds is 5. The van der Waals surface area contributed by atoms with E-state index < -0.39 is 0 Å². The first-order valence-corrected chi connectivity index (χ1v) is 11.9. The molecule has 1 saturated carbocycles. The Kier molecular flexibility index (Phi) is 10.7. The molecule has 1 aliphatic rings. The highest BCUT2D eigenvalue weighted by atomic mass is 35.5. The van der Waals surface area contributed by atoms with Crippen LogP contribution in [0.2, 0.25) is 0 Å². The maximum atomic E-state index is 11.6. The molecule has 1 fully saturated rings. The molecule has 2 aromatic rings. The van der Waals surface area contributed by atoms with Crippen LogP contribution < -0.4 is 0 Å². The Labute approximate surface area is 193 Å². The number of aliphatic hydroxyl groups excluding tert-OH is 1. The van der Waals surface area contributed by atoms with Crippen LogP contribution in [-0.4, -0.2) is 29.6 Å². The second-order valence-electron chi connectivity index (χ2n) is 7.36. The Morgan fingerprint density at radius 2 is 1.93 bits per heavy atom. The predicted octanol–water partition coefficient (Wildman–Crippen LogP) is 5.96. The van der Waals surface area contributed by atoms with E-state index in [4.69, 9.17) is 27.9 Å². The summed E-state index contributed by atoms with van der Waals surface area (Å²) in [5.41, 5.74) is 1.03. The van der Waals surface area contributed by atoms with E-state index in [9.17, 15) is 9.90 Å². The van der Waals surface area contributed by atoms with E-state index in [0.717, 1.165) is 31.2 Å². The monoisotopic (exact) mass is 466 g/mol. The van der Waals surface area contributed by atoms with Crippen molar-refractivity contribution in [1.82, 2.24) is 0 Å². The van der Waals surface area contributed by atoms with Gasteiger partial charge in [0.1, 0.15) is 4.88 Å². The van der Waals surface area contributed by atoms with E-state index in [-0.39, 0.29) is 29.2 Å². The average molecular weight is 467 g/mol. The van der Waals surface area contributed by atoms with Crippen molar-refractivity contribution in [2.45, 2.75) is 38.7 Å². The third kappa shape index (κ3) is 7.32. The van der Waals surface area contributed by atoms with Crippen LogP contribution in [0.25, 0.3) is 0 Å². The van der Waals surface area contributed by atoms with Crippen molar-refractivity contribution in [3.05, 3.63) is 57.8 Å². The van der Waals surface area contributed by atoms with Crippen molar-refractivity contribution in [3.63, 3.8) is 0 Å². The third-order valence-corrected chi connectivity index (χ3v) is 6.47. The number of thiophene rings is 1. The molecule has 3 rings (SSSR count). The average Bonchev–Trinajstić information content (AvgIpc) is 3.32. The quantitative estimate of drug-likeness (QED) is 0.335. The van der Waals surface area contributed by atoms with Gasteiger partial charge in [-0.05, 0) is 61.8 Å². The summed E-state index contributed by atoms with van der Waals surface area (Å²) in [6.07, 6.45) is 3.40. The van der Waals surface area contributed by atoms with Gasteiger partial charge in [0.25, 0.3) is 0 Å². The molecule has 1 aliphatic carbocycles. The second-order valence-corrected chi connectivity index (χ2v) is 9.33. The number of benzene rings is 1. The van der Waals surface area contributed by atoms with E-state index in [1.807, 2.05) is 42.5 Å². The van der Waals surface area contributed by atoms with E-state index in [2.05, 4.69) is 18.8 Å². The number of halogens is 2. The van der Waals surface area contributed by atoms with Crippen molar-refractivity contribution in [2.75, 3.05) is 12.4 Å². The van der Waals surface area contributed by atoms with Crippen LogP contribution in [0.1, 0.15) is 46.3 Å². The number of carbonyl (C=O) groups is 1. The molecular weight excluding hydrogens is 439 g/mol. The zero-order valence-corrected chi connectivity index (χ0v) is 19.6. The van der Waals surface area contributed by atoms with Gasteiger partial charge in [0, 0.05) is 16.4 Å². The maximum Gasteiger partial charge on any atom is 0.348 e. The van der Waals surface area contributed by atoms with Gasteiger partial charge in [0.2, 0.25) is 0 Å². The minimum Gasteiger partial charge on any atom is -0.465 e. The maximum absolute atomic E-state index is 11.6. The minimum atomic E-state index is -0.275. The first-order chi connectivity index (χ1) is 14.5. The number of ether oxygens (including phenoxy) is 1. The lowest BCUT2D eigenvalue weighted by atomic mass is 9.86. The highest BCUT2D eigenvalue weighted by Crippen LogP contribution is 2.39. The molecule has 0 aliphatic heterocycles. The summed E-state index contributed by atoms with van der Waals surface area (Å²) in [5.74, 6) is 7.31. The molecule has 1 heterocycles. The molecule has 1 aromatic carbocycles. The van der Waals surface area contributed by atoms with Crippen molar-refractivity contribution < 1.29 is 14.6 Å². The van der Waals surface area contributed by atoms with Gasteiger partial charge in [-0.25, -0.2) is 4.79 Å². The molecule has 1 N–H and O–H groups in total. The first-order valence-electron chi connectivity index (χ1n) is 10.0. The van der Waals surface area contributed by atoms with Crippen LogP contribution in [0.4, 0.5) is 0 Å². The lowest BCUT2D eigenvalue weighted by Crippen LogP contribution is -2.19. The smallest absolute Gasteiger partial charge is 0.348 e. The molecule has 1 aromatic heterocycles. The molecule has 0 saturated heterocycles. The summed E-state index contributed by atoms with van der Waals surface area (Å²) in [7, 11) is 1.40. The van der Waals surface area contributed by atoms with Crippen LogP contribution in [0.5, 0.6) is 0 Å². The van der Waals surface area contributed by atoms with Crippen molar-refractivity contribution >= 4 is 40.5 Å². The molecule has 0 radical (unpaired) electrons. The number of alkyl halides is 2. The lowest BCUT2D eigenvalue weighted by Gasteiger charge is -2.19. The molecule has 0 spiro atoms. The standard InChI is InChI=1S/C23H26O3S.CH2Cl2/c1-16-15-21(24)20(19(16)13-11-17-7-4-3-5-8-17)10-6-9-18-12-14-22(27-18)23(25)26-2;2-1-3/h3-5,7-8,12,14,16,19-21,24H,6,9-10,15H2,1-2H3;1H2/t16-,19+,20-,21+;/m1./s1. The Balaban J connectivity index is 0.00000101. The van der Waals surface area contributed by atoms with Crippen molar-refractivity contribution in [2.24, 2.45) is 17.8 Å². The van der Waals surface area contributed by atoms with Gasteiger partial charge in [-0.15, -0.1) is 34.5 Å². The second kappa shape index (κ2) is 13.0. The topological polar surface area (TPSA) is 46.5 Å². The summed E-state index contributed by atoms with van der Waals surface area (Å²) in [5, 5.41) is 10.7. The first kappa shape index (κ1) is 24.8. The largest absolute Gasteiger partial charge is 0.465 e. The molecular formula is C24H28Cl2O3S. The number of methoxy groups -OCH3 is 1. The van der Waals surface area contributed by atoms with Crippen LogP contribution >= 0.6 is 34.5 Å².